The first-order valence-corrected chi connectivity index (χ1v) is 8.05. The second-order valence-electron chi connectivity index (χ2n) is 3.61. The van der Waals surface area contributed by atoms with Crippen molar-refractivity contribution in [2.45, 2.75) is 20.8 Å². The third-order valence-electron chi connectivity index (χ3n) is 2.40. The van der Waals surface area contributed by atoms with Gasteiger partial charge in [-0.3, -0.25) is 0 Å². The second kappa shape index (κ2) is 7.99. The van der Waals surface area contributed by atoms with E-state index in [9.17, 15) is 4.79 Å². The summed E-state index contributed by atoms with van der Waals surface area (Å²) < 4.78 is 17.3. The molecule has 0 aliphatic heterocycles. The van der Waals surface area contributed by atoms with E-state index < -0.39 is 8.80 Å². The molecule has 0 N–H and O–H groups in total. The molecule has 0 atom stereocenters. The van der Waals surface area contributed by atoms with E-state index >= 15 is 0 Å². The Morgan fingerprint density at radius 1 is 1.00 bits per heavy atom. The topological polar surface area (TPSA) is 57.1 Å². The molecule has 0 aromatic heterocycles. The first kappa shape index (κ1) is 15.8. The van der Waals surface area contributed by atoms with Crippen LogP contribution in [0, 0.1) is 0 Å². The number of carbonyl (C=O) groups excluding carboxylic acids is 1. The molecular weight excluding hydrogens is 262 g/mol. The number of rotatable bonds is 8. The molecule has 19 heavy (non-hydrogen) atoms. The fraction of sp³-hybridized carbons (Fsp3) is 0.462. The van der Waals surface area contributed by atoms with Crippen LogP contribution in [0.2, 0.25) is 0 Å². The fourth-order valence-corrected chi connectivity index (χ4v) is 4.20. The van der Waals surface area contributed by atoms with E-state index in [4.69, 9.17) is 13.3 Å². The first-order chi connectivity index (χ1) is 9.22. The zero-order chi connectivity index (χ0) is 14.1. The molecule has 0 fully saturated rings. The third kappa shape index (κ3) is 4.09. The lowest BCUT2D eigenvalue weighted by atomic mass is 10.3. The molecule has 0 radical (unpaired) electrons. The van der Waals surface area contributed by atoms with Crippen LogP contribution in [0.4, 0.5) is 5.69 Å². The summed E-state index contributed by atoms with van der Waals surface area (Å²) in [4.78, 5) is 13.8. The normalized spacial score (nSPS) is 11.1. The summed E-state index contributed by atoms with van der Waals surface area (Å²) in [5.41, 5.74) is 0.547. The van der Waals surface area contributed by atoms with Crippen LogP contribution in [0.15, 0.2) is 29.3 Å². The molecule has 1 rings (SSSR count). The summed E-state index contributed by atoms with van der Waals surface area (Å²) in [6.07, 6.45) is 1.51. The van der Waals surface area contributed by atoms with Crippen molar-refractivity contribution < 1.29 is 18.1 Å². The number of nitrogens with zero attached hydrogens (tertiary/aromatic N) is 1. The average Bonchev–Trinajstić information content (AvgIpc) is 2.41. The molecule has 0 heterocycles. The van der Waals surface area contributed by atoms with Crippen molar-refractivity contribution in [3.05, 3.63) is 24.3 Å². The highest BCUT2D eigenvalue weighted by molar-refractivity contribution is 6.75. The molecule has 0 aliphatic rings. The van der Waals surface area contributed by atoms with Crippen molar-refractivity contribution in [1.29, 1.82) is 0 Å². The van der Waals surface area contributed by atoms with Gasteiger partial charge in [-0.15, -0.1) is 0 Å². The summed E-state index contributed by atoms with van der Waals surface area (Å²) in [6, 6.07) is 7.09. The monoisotopic (exact) mass is 281 g/mol. The van der Waals surface area contributed by atoms with Gasteiger partial charge < -0.3 is 13.3 Å². The second-order valence-corrected chi connectivity index (χ2v) is 6.16. The molecule has 0 saturated carbocycles. The summed E-state index contributed by atoms with van der Waals surface area (Å²) in [5.74, 6) is 0. The minimum Gasteiger partial charge on any atom is -0.370 e. The molecule has 0 aliphatic carbocycles. The molecular formula is C13H19NO4Si. The van der Waals surface area contributed by atoms with Crippen molar-refractivity contribution in [1.82, 2.24) is 0 Å². The van der Waals surface area contributed by atoms with Gasteiger partial charge in [0.2, 0.25) is 6.08 Å². The maximum Gasteiger partial charge on any atom is 0.537 e. The van der Waals surface area contributed by atoms with E-state index in [2.05, 4.69) is 4.99 Å². The van der Waals surface area contributed by atoms with E-state index in [1.807, 2.05) is 32.9 Å². The summed E-state index contributed by atoms with van der Waals surface area (Å²) >= 11 is 0. The zero-order valence-corrected chi connectivity index (χ0v) is 12.5. The number of aliphatic imine (C=N–C) groups is 1. The molecule has 0 saturated heterocycles. The highest BCUT2D eigenvalue weighted by atomic mass is 28.4. The molecule has 6 heteroatoms. The molecule has 0 bridgehead atoms. The standard InChI is InChI=1S/C13H19NO4Si/c1-4-16-19(17-5-2,18-6-3)13-9-7-12(8-10-13)14-11-15/h7-10H,4-6H2,1-3H3. The highest BCUT2D eigenvalue weighted by Crippen LogP contribution is 2.14. The van der Waals surface area contributed by atoms with Gasteiger partial charge in [0.15, 0.2) is 0 Å². The number of hydrogen-bond acceptors (Lipinski definition) is 5. The van der Waals surface area contributed by atoms with Gasteiger partial charge >= 0.3 is 8.80 Å². The Kier molecular flexibility index (Phi) is 6.62. The van der Waals surface area contributed by atoms with E-state index in [1.165, 1.54) is 6.08 Å². The molecule has 0 spiro atoms. The quantitative estimate of drug-likeness (QED) is 0.415. The summed E-state index contributed by atoms with van der Waals surface area (Å²) in [7, 11) is -2.86. The van der Waals surface area contributed by atoms with E-state index in [1.54, 1.807) is 12.1 Å². The predicted octanol–water partition coefficient (Wildman–Crippen LogP) is 1.91. The van der Waals surface area contributed by atoms with Crippen LogP contribution in [-0.2, 0) is 18.1 Å². The van der Waals surface area contributed by atoms with E-state index in [0.717, 1.165) is 5.19 Å². The van der Waals surface area contributed by atoms with Crippen LogP contribution in [-0.4, -0.2) is 34.7 Å². The Morgan fingerprint density at radius 2 is 1.47 bits per heavy atom. The van der Waals surface area contributed by atoms with Crippen molar-refractivity contribution in [3.63, 3.8) is 0 Å². The lowest BCUT2D eigenvalue weighted by Gasteiger charge is -2.28. The summed E-state index contributed by atoms with van der Waals surface area (Å²) in [6.45, 7) is 7.27. The maximum absolute atomic E-state index is 10.2. The van der Waals surface area contributed by atoms with Gasteiger partial charge in [-0.25, -0.2) is 4.79 Å². The molecule has 5 nitrogen and oxygen atoms in total. The molecule has 0 amide bonds. The smallest absolute Gasteiger partial charge is 0.370 e. The Hall–Kier alpha value is -1.30. The third-order valence-corrected chi connectivity index (χ3v) is 5.45. The largest absolute Gasteiger partial charge is 0.537 e. The van der Waals surface area contributed by atoms with Gasteiger partial charge in [0, 0.05) is 25.0 Å². The molecule has 0 unspecified atom stereocenters. The maximum atomic E-state index is 10.2. The van der Waals surface area contributed by atoms with Crippen LogP contribution < -0.4 is 5.19 Å². The van der Waals surface area contributed by atoms with Gasteiger partial charge in [0.05, 0.1) is 5.69 Å². The Morgan fingerprint density at radius 3 is 1.84 bits per heavy atom. The van der Waals surface area contributed by atoms with Crippen LogP contribution in [0.25, 0.3) is 0 Å². The SMILES string of the molecule is CCO[Si](OCC)(OCC)c1ccc(N=C=O)cc1. The summed E-state index contributed by atoms with van der Waals surface area (Å²) in [5, 5.41) is 0.864. The van der Waals surface area contributed by atoms with Crippen LogP contribution in [0.3, 0.4) is 0 Å². The first-order valence-electron chi connectivity index (χ1n) is 6.32. The number of isocyanates is 1. The van der Waals surface area contributed by atoms with Crippen LogP contribution in [0.5, 0.6) is 0 Å². The van der Waals surface area contributed by atoms with Crippen LogP contribution >= 0.6 is 0 Å². The average molecular weight is 281 g/mol. The fourth-order valence-electron chi connectivity index (χ4n) is 1.74. The van der Waals surface area contributed by atoms with E-state index in [0.29, 0.717) is 25.5 Å². The number of hydrogen-bond donors (Lipinski definition) is 0. The Balaban J connectivity index is 3.10. The van der Waals surface area contributed by atoms with Crippen molar-refractivity contribution >= 4 is 25.8 Å². The lowest BCUT2D eigenvalue weighted by molar-refractivity contribution is 0.0859. The van der Waals surface area contributed by atoms with Gasteiger partial charge in [0.25, 0.3) is 0 Å². The van der Waals surface area contributed by atoms with E-state index in [-0.39, 0.29) is 0 Å². The predicted molar refractivity (Wildman–Crippen MR) is 74.5 cm³/mol. The number of benzene rings is 1. The zero-order valence-electron chi connectivity index (χ0n) is 11.5. The minimum atomic E-state index is -2.86. The van der Waals surface area contributed by atoms with Crippen molar-refractivity contribution in [3.8, 4) is 0 Å². The Bertz CT molecular complexity index is 412. The Labute approximate surface area is 114 Å². The minimum absolute atomic E-state index is 0.514. The van der Waals surface area contributed by atoms with Crippen LogP contribution in [0.1, 0.15) is 20.8 Å². The van der Waals surface area contributed by atoms with Gasteiger partial charge in [-0.2, -0.15) is 4.99 Å². The van der Waals surface area contributed by atoms with Gasteiger partial charge in [-0.05, 0) is 32.9 Å². The molecule has 1 aromatic carbocycles. The van der Waals surface area contributed by atoms with Crippen molar-refractivity contribution in [2.75, 3.05) is 19.8 Å². The molecule has 1 aromatic rings. The van der Waals surface area contributed by atoms with Gasteiger partial charge in [-0.1, -0.05) is 12.1 Å². The van der Waals surface area contributed by atoms with Crippen molar-refractivity contribution in [2.24, 2.45) is 4.99 Å². The van der Waals surface area contributed by atoms with Gasteiger partial charge in [0.1, 0.15) is 0 Å². The highest BCUT2D eigenvalue weighted by Gasteiger charge is 2.43. The molecule has 104 valence electrons. The lowest BCUT2D eigenvalue weighted by Crippen LogP contribution is -2.56.